The minimum absolute atomic E-state index is 0.0816. The fourth-order valence-corrected chi connectivity index (χ4v) is 4.38. The third-order valence-electron chi connectivity index (χ3n) is 6.16. The molecule has 2 unspecified atom stereocenters. The van der Waals surface area contributed by atoms with Gasteiger partial charge in [-0.2, -0.15) is 0 Å². The Morgan fingerprint density at radius 1 is 0.903 bits per heavy atom. The van der Waals surface area contributed by atoms with E-state index in [2.05, 4.69) is 79.5 Å². The predicted octanol–water partition coefficient (Wildman–Crippen LogP) is 6.50. The van der Waals surface area contributed by atoms with E-state index >= 15 is 0 Å². The maximum Gasteiger partial charge on any atom is 0.250 e. The molecule has 1 fully saturated rings. The number of carbonyl (C=O) groups is 1. The maximum atomic E-state index is 13.9. The lowest BCUT2D eigenvalue weighted by molar-refractivity contribution is -0.133. The molecular weight excluding hydrogens is 380 g/mol. The van der Waals surface area contributed by atoms with Crippen molar-refractivity contribution in [2.45, 2.75) is 51.1 Å². The number of nitrogens with zero attached hydrogens (tertiary/aromatic N) is 1. The first-order chi connectivity index (χ1) is 14.9. The van der Waals surface area contributed by atoms with Gasteiger partial charge < -0.3 is 10.2 Å². The van der Waals surface area contributed by atoms with Crippen LogP contribution in [0.4, 0.5) is 5.69 Å². The zero-order valence-electron chi connectivity index (χ0n) is 18.7. The Bertz CT molecular complexity index is 991. The van der Waals surface area contributed by atoms with Gasteiger partial charge in [0.05, 0.1) is 6.04 Å². The number of likely N-dealkylation sites (tertiary alicyclic amines) is 1. The van der Waals surface area contributed by atoms with E-state index in [1.807, 2.05) is 36.4 Å². The quantitative estimate of drug-likeness (QED) is 0.519. The molecule has 3 aromatic carbocycles. The molecule has 1 aliphatic heterocycles. The Morgan fingerprint density at radius 2 is 1.52 bits per heavy atom. The van der Waals surface area contributed by atoms with Gasteiger partial charge in [-0.15, -0.1) is 0 Å². The van der Waals surface area contributed by atoms with Crippen LogP contribution in [-0.4, -0.2) is 17.4 Å². The summed E-state index contributed by atoms with van der Waals surface area (Å²) in [4.78, 5) is 15.9. The summed E-state index contributed by atoms with van der Waals surface area (Å²) in [6.07, 6.45) is 2.04. The van der Waals surface area contributed by atoms with Crippen LogP contribution in [0.1, 0.15) is 62.4 Å². The lowest BCUT2D eigenvalue weighted by Crippen LogP contribution is -2.37. The molecule has 3 heteroatoms. The average Bonchev–Trinajstić information content (AvgIpc) is 3.28. The molecule has 0 radical (unpaired) electrons. The minimum Gasteiger partial charge on any atom is -0.370 e. The van der Waals surface area contributed by atoms with Gasteiger partial charge in [0.2, 0.25) is 5.91 Å². The molecule has 0 bridgehead atoms. The van der Waals surface area contributed by atoms with E-state index in [1.165, 1.54) is 11.1 Å². The van der Waals surface area contributed by atoms with Crippen LogP contribution in [0.15, 0.2) is 84.9 Å². The summed E-state index contributed by atoms with van der Waals surface area (Å²) in [5.74, 6) is 0.138. The molecule has 0 aromatic heterocycles. The topological polar surface area (TPSA) is 32.3 Å². The van der Waals surface area contributed by atoms with E-state index in [4.69, 9.17) is 0 Å². The highest BCUT2D eigenvalue weighted by atomic mass is 16.2. The van der Waals surface area contributed by atoms with Crippen LogP contribution in [-0.2, 0) is 10.2 Å². The Morgan fingerprint density at radius 3 is 2.13 bits per heavy atom. The fraction of sp³-hybridized carbons (Fsp3) is 0.321. The highest BCUT2D eigenvalue weighted by Crippen LogP contribution is 2.35. The summed E-state index contributed by atoms with van der Waals surface area (Å²) >= 11 is 0. The van der Waals surface area contributed by atoms with Gasteiger partial charge in [0, 0.05) is 12.2 Å². The number of carbonyl (C=O) groups excluding carboxylic acids is 1. The van der Waals surface area contributed by atoms with Crippen molar-refractivity contribution >= 4 is 11.6 Å². The average molecular weight is 413 g/mol. The first kappa shape index (κ1) is 21.2. The van der Waals surface area contributed by atoms with Crippen LogP contribution < -0.4 is 5.32 Å². The number of nitrogens with one attached hydrogen (secondary N) is 1. The summed E-state index contributed by atoms with van der Waals surface area (Å²) in [7, 11) is 0. The monoisotopic (exact) mass is 412 g/mol. The van der Waals surface area contributed by atoms with Crippen molar-refractivity contribution in [2.24, 2.45) is 0 Å². The second-order valence-electron chi connectivity index (χ2n) is 9.42. The highest BCUT2D eigenvalue weighted by Gasteiger charge is 2.34. The van der Waals surface area contributed by atoms with Crippen LogP contribution in [0.5, 0.6) is 0 Å². The van der Waals surface area contributed by atoms with Gasteiger partial charge in [0.15, 0.2) is 0 Å². The van der Waals surface area contributed by atoms with Gasteiger partial charge in [0.25, 0.3) is 0 Å². The second kappa shape index (κ2) is 8.97. The Hall–Kier alpha value is -3.07. The summed E-state index contributed by atoms with van der Waals surface area (Å²) in [6.45, 7) is 7.43. The third-order valence-corrected chi connectivity index (χ3v) is 6.16. The molecule has 4 rings (SSSR count). The second-order valence-corrected chi connectivity index (χ2v) is 9.42. The number of amides is 1. The van der Waals surface area contributed by atoms with Gasteiger partial charge >= 0.3 is 0 Å². The van der Waals surface area contributed by atoms with E-state index in [1.54, 1.807) is 0 Å². The Balaban J connectivity index is 1.66. The summed E-state index contributed by atoms with van der Waals surface area (Å²) in [5.41, 5.74) is 4.52. The molecule has 1 heterocycles. The maximum absolute atomic E-state index is 13.9. The van der Waals surface area contributed by atoms with Crippen molar-refractivity contribution in [1.29, 1.82) is 0 Å². The van der Waals surface area contributed by atoms with Crippen molar-refractivity contribution in [3.63, 3.8) is 0 Å². The SMILES string of the molecule is CC(C)(C)c1ccc(C(Nc2ccccc2)C(=O)N2CCCC2c2ccccc2)cc1. The zero-order valence-corrected chi connectivity index (χ0v) is 18.7. The van der Waals surface area contributed by atoms with Crippen LogP contribution in [0, 0.1) is 0 Å². The molecule has 3 aromatic rings. The van der Waals surface area contributed by atoms with E-state index in [9.17, 15) is 4.79 Å². The molecule has 31 heavy (non-hydrogen) atoms. The first-order valence-electron chi connectivity index (χ1n) is 11.2. The van der Waals surface area contributed by atoms with Gasteiger partial charge in [-0.25, -0.2) is 0 Å². The lowest BCUT2D eigenvalue weighted by Gasteiger charge is -2.30. The molecule has 3 nitrogen and oxygen atoms in total. The number of para-hydroxylation sites is 1. The number of hydrogen-bond acceptors (Lipinski definition) is 2. The smallest absolute Gasteiger partial charge is 0.250 e. The molecule has 160 valence electrons. The van der Waals surface area contributed by atoms with Crippen molar-refractivity contribution in [1.82, 2.24) is 4.90 Å². The third kappa shape index (κ3) is 4.82. The molecule has 0 spiro atoms. The number of rotatable bonds is 5. The minimum atomic E-state index is -0.416. The summed E-state index contributed by atoms with van der Waals surface area (Å²) in [5, 5.41) is 3.51. The van der Waals surface area contributed by atoms with Crippen molar-refractivity contribution in [2.75, 3.05) is 11.9 Å². The van der Waals surface area contributed by atoms with Gasteiger partial charge in [-0.3, -0.25) is 4.79 Å². The van der Waals surface area contributed by atoms with Crippen LogP contribution in [0.25, 0.3) is 0 Å². The predicted molar refractivity (Wildman–Crippen MR) is 128 cm³/mol. The van der Waals surface area contributed by atoms with E-state index in [-0.39, 0.29) is 17.4 Å². The normalized spacial score (nSPS) is 17.4. The molecule has 1 saturated heterocycles. The number of anilines is 1. The van der Waals surface area contributed by atoms with E-state index in [0.29, 0.717) is 0 Å². The van der Waals surface area contributed by atoms with Gasteiger partial charge in [0.1, 0.15) is 6.04 Å². The van der Waals surface area contributed by atoms with Gasteiger partial charge in [-0.1, -0.05) is 93.6 Å². The Kier molecular flexibility index (Phi) is 6.13. The Labute approximate surface area is 186 Å². The van der Waals surface area contributed by atoms with Crippen LogP contribution in [0.3, 0.4) is 0 Å². The van der Waals surface area contributed by atoms with Crippen molar-refractivity contribution < 1.29 is 4.79 Å². The van der Waals surface area contributed by atoms with Gasteiger partial charge in [-0.05, 0) is 47.1 Å². The van der Waals surface area contributed by atoms with E-state index < -0.39 is 6.04 Å². The van der Waals surface area contributed by atoms with Crippen molar-refractivity contribution in [3.05, 3.63) is 102 Å². The van der Waals surface area contributed by atoms with Crippen LogP contribution in [0.2, 0.25) is 0 Å². The largest absolute Gasteiger partial charge is 0.370 e. The summed E-state index contributed by atoms with van der Waals surface area (Å²) in [6, 6.07) is 28.7. The first-order valence-corrected chi connectivity index (χ1v) is 11.2. The fourth-order valence-electron chi connectivity index (χ4n) is 4.38. The van der Waals surface area contributed by atoms with Crippen LogP contribution >= 0.6 is 0 Å². The molecule has 1 N–H and O–H groups in total. The molecule has 0 saturated carbocycles. The molecule has 0 aliphatic carbocycles. The highest BCUT2D eigenvalue weighted by molar-refractivity contribution is 5.86. The van der Waals surface area contributed by atoms with Crippen molar-refractivity contribution in [3.8, 4) is 0 Å². The summed E-state index contributed by atoms with van der Waals surface area (Å²) < 4.78 is 0. The lowest BCUT2D eigenvalue weighted by atomic mass is 9.86. The van der Waals surface area contributed by atoms with E-state index in [0.717, 1.165) is 30.6 Å². The molecular formula is C28H32N2O. The number of hydrogen-bond donors (Lipinski definition) is 1. The molecule has 1 amide bonds. The zero-order chi connectivity index (χ0) is 21.8. The molecule has 2 atom stereocenters. The molecule has 1 aliphatic rings. The standard InChI is InChI=1S/C28H32N2O/c1-28(2,3)23-18-16-22(17-19-23)26(29-24-13-8-5-9-14-24)27(31)30-20-10-15-25(30)21-11-6-4-7-12-21/h4-9,11-14,16-19,25-26,29H,10,15,20H2,1-3H3. The number of benzene rings is 3.